The Kier molecular flexibility index (Phi) is 3.49. The molecule has 3 atom stereocenters. The molecule has 3 aliphatic rings. The Hall–Kier alpha value is -2.07. The topological polar surface area (TPSA) is 45.3 Å². The van der Waals surface area contributed by atoms with Crippen LogP contribution >= 0.6 is 0 Å². The van der Waals surface area contributed by atoms with E-state index in [1.807, 2.05) is 0 Å². The number of nitrogens with one attached hydrogen (secondary N) is 1. The van der Waals surface area contributed by atoms with Gasteiger partial charge in [0.15, 0.2) is 0 Å². The smallest absolute Gasteiger partial charge is 0.333 e. The molecule has 2 aromatic rings. The number of methoxy groups -OCH3 is 1. The van der Waals surface area contributed by atoms with Crippen molar-refractivity contribution in [3.63, 3.8) is 0 Å². The van der Waals surface area contributed by atoms with Crippen LogP contribution in [0.5, 0.6) is 0 Å². The maximum absolute atomic E-state index is 11.9. The number of fused-ring (bicyclic) bond motifs is 7. The fourth-order valence-corrected chi connectivity index (χ4v) is 5.35. The molecule has 130 valence electrons. The van der Waals surface area contributed by atoms with Crippen molar-refractivity contribution in [1.29, 1.82) is 0 Å². The number of para-hydroxylation sites is 1. The lowest BCUT2D eigenvalue weighted by atomic mass is 9.75. The number of ether oxygens (including phenoxy) is 1. The van der Waals surface area contributed by atoms with Crippen molar-refractivity contribution < 1.29 is 9.53 Å². The maximum atomic E-state index is 11.9. The Labute approximate surface area is 147 Å². The lowest BCUT2D eigenvalue weighted by Gasteiger charge is -2.49. The fourth-order valence-electron chi connectivity index (χ4n) is 5.35. The van der Waals surface area contributed by atoms with Crippen LogP contribution in [0.1, 0.15) is 43.0 Å². The monoisotopic (exact) mass is 336 g/mol. The van der Waals surface area contributed by atoms with Gasteiger partial charge < -0.3 is 9.72 Å². The summed E-state index contributed by atoms with van der Waals surface area (Å²) in [7, 11) is 1.48. The van der Waals surface area contributed by atoms with Gasteiger partial charge in [-0.1, -0.05) is 24.3 Å². The van der Waals surface area contributed by atoms with Crippen molar-refractivity contribution >= 4 is 16.9 Å². The number of nitrogens with zero attached hydrogens (tertiary/aromatic N) is 1. The minimum Gasteiger partial charge on any atom is -0.466 e. The minimum atomic E-state index is -0.142. The Balaban J connectivity index is 1.48. The van der Waals surface area contributed by atoms with Gasteiger partial charge in [-0.2, -0.15) is 0 Å². The van der Waals surface area contributed by atoms with Crippen molar-refractivity contribution in [3.05, 3.63) is 47.2 Å². The number of aromatic amines is 1. The van der Waals surface area contributed by atoms with Crippen LogP contribution in [0, 0.1) is 5.92 Å². The van der Waals surface area contributed by atoms with E-state index in [1.165, 1.54) is 29.3 Å². The molecule has 5 rings (SSSR count). The largest absolute Gasteiger partial charge is 0.466 e. The molecule has 0 bridgehead atoms. The molecule has 4 heteroatoms. The first-order valence-corrected chi connectivity index (χ1v) is 9.40. The number of hydrogen-bond donors (Lipinski definition) is 1. The van der Waals surface area contributed by atoms with Crippen LogP contribution in [0.15, 0.2) is 35.9 Å². The van der Waals surface area contributed by atoms with Gasteiger partial charge >= 0.3 is 5.97 Å². The number of H-pyrrole nitrogens is 1. The molecule has 0 saturated carbocycles. The van der Waals surface area contributed by atoms with E-state index in [1.54, 1.807) is 0 Å². The molecule has 1 N–H and O–H groups in total. The first-order chi connectivity index (χ1) is 12.3. The van der Waals surface area contributed by atoms with Crippen molar-refractivity contribution in [2.24, 2.45) is 5.92 Å². The first kappa shape index (κ1) is 15.2. The lowest BCUT2D eigenvalue weighted by molar-refractivity contribution is -0.136. The first-order valence-electron chi connectivity index (χ1n) is 9.40. The predicted molar refractivity (Wildman–Crippen MR) is 97.3 cm³/mol. The standard InChI is InChI=1S/C21H24N2O2/c1-25-21(24)14-7-8-18-13(12-14)6-9-19-20-16(10-11-23(18)19)15-4-2-3-5-17(15)22-20/h2-5,12-13,18-19,22H,6-11H2,1H3/t13-,18-,19-/m0/s1. The van der Waals surface area contributed by atoms with Gasteiger partial charge in [0, 0.05) is 34.8 Å². The molecular weight excluding hydrogens is 312 g/mol. The number of rotatable bonds is 1. The SMILES string of the molecule is COC(=O)C1=C[C@@H]2CC[C@H]3c4[nH]c5ccccc5c4CCN3[C@H]2CC1. The second-order valence-electron chi connectivity index (χ2n) is 7.60. The van der Waals surface area contributed by atoms with E-state index in [2.05, 4.69) is 40.2 Å². The van der Waals surface area contributed by atoms with E-state index < -0.39 is 0 Å². The number of carbonyl (C=O) groups excluding carboxylic acids is 1. The van der Waals surface area contributed by atoms with Gasteiger partial charge in [-0.25, -0.2) is 4.79 Å². The average molecular weight is 336 g/mol. The van der Waals surface area contributed by atoms with E-state index in [-0.39, 0.29) is 5.97 Å². The third-order valence-electron chi connectivity index (χ3n) is 6.47. The van der Waals surface area contributed by atoms with Crippen molar-refractivity contribution in [1.82, 2.24) is 9.88 Å². The number of esters is 1. The number of carbonyl (C=O) groups is 1. The number of hydrogen-bond acceptors (Lipinski definition) is 3. The molecule has 0 spiro atoms. The highest BCUT2D eigenvalue weighted by Crippen LogP contribution is 2.46. The molecule has 1 saturated heterocycles. The summed E-state index contributed by atoms with van der Waals surface area (Å²) in [4.78, 5) is 18.3. The second kappa shape index (κ2) is 5.73. The summed E-state index contributed by atoms with van der Waals surface area (Å²) in [6.07, 6.45) is 7.55. The number of benzene rings is 1. The molecule has 25 heavy (non-hydrogen) atoms. The normalized spacial score (nSPS) is 28.7. The third kappa shape index (κ3) is 2.27. The molecule has 2 aliphatic heterocycles. The summed E-state index contributed by atoms with van der Waals surface area (Å²) >= 11 is 0. The molecule has 1 fully saturated rings. The van der Waals surface area contributed by atoms with Crippen molar-refractivity contribution in [2.45, 2.75) is 44.2 Å². The number of piperidine rings is 1. The van der Waals surface area contributed by atoms with Gasteiger partial charge in [0.2, 0.25) is 0 Å². The lowest BCUT2D eigenvalue weighted by Crippen LogP contribution is -2.50. The molecule has 1 aromatic carbocycles. The van der Waals surface area contributed by atoms with Gasteiger partial charge in [-0.05, 0) is 49.7 Å². The van der Waals surface area contributed by atoms with Gasteiger partial charge in [-0.3, -0.25) is 4.90 Å². The van der Waals surface area contributed by atoms with E-state index in [9.17, 15) is 4.79 Å². The van der Waals surface area contributed by atoms with E-state index in [0.29, 0.717) is 18.0 Å². The summed E-state index contributed by atoms with van der Waals surface area (Å²) in [5.41, 5.74) is 5.11. The highest BCUT2D eigenvalue weighted by Gasteiger charge is 2.42. The van der Waals surface area contributed by atoms with E-state index in [4.69, 9.17) is 4.74 Å². The summed E-state index contributed by atoms with van der Waals surface area (Å²) < 4.78 is 4.93. The Bertz CT molecular complexity index is 866. The maximum Gasteiger partial charge on any atom is 0.333 e. The van der Waals surface area contributed by atoms with Gasteiger partial charge in [-0.15, -0.1) is 0 Å². The van der Waals surface area contributed by atoms with Gasteiger partial charge in [0.1, 0.15) is 0 Å². The minimum absolute atomic E-state index is 0.142. The zero-order valence-corrected chi connectivity index (χ0v) is 14.6. The van der Waals surface area contributed by atoms with Crippen LogP contribution in [0.25, 0.3) is 10.9 Å². The molecule has 1 aliphatic carbocycles. The van der Waals surface area contributed by atoms with Crippen LogP contribution in [0.4, 0.5) is 0 Å². The highest BCUT2D eigenvalue weighted by atomic mass is 16.5. The van der Waals surface area contributed by atoms with Crippen LogP contribution in [-0.2, 0) is 16.0 Å². The molecular formula is C21H24N2O2. The summed E-state index contributed by atoms with van der Waals surface area (Å²) in [5, 5.41) is 1.40. The van der Waals surface area contributed by atoms with Crippen LogP contribution in [-0.4, -0.2) is 35.5 Å². The second-order valence-corrected chi connectivity index (χ2v) is 7.60. The molecule has 0 amide bonds. The third-order valence-corrected chi connectivity index (χ3v) is 6.47. The average Bonchev–Trinajstić information content (AvgIpc) is 3.05. The van der Waals surface area contributed by atoms with E-state index >= 15 is 0 Å². The molecule has 4 nitrogen and oxygen atoms in total. The summed E-state index contributed by atoms with van der Waals surface area (Å²) in [6, 6.07) is 9.75. The molecule has 1 aromatic heterocycles. The quantitative estimate of drug-likeness (QED) is 0.807. The molecule has 3 heterocycles. The zero-order chi connectivity index (χ0) is 17.0. The summed E-state index contributed by atoms with van der Waals surface area (Å²) in [6.45, 7) is 1.13. The van der Waals surface area contributed by atoms with Crippen LogP contribution in [0.2, 0.25) is 0 Å². The van der Waals surface area contributed by atoms with Crippen molar-refractivity contribution in [3.8, 4) is 0 Å². The number of aromatic nitrogens is 1. The van der Waals surface area contributed by atoms with Gasteiger partial charge in [0.05, 0.1) is 13.2 Å². The highest BCUT2D eigenvalue weighted by molar-refractivity contribution is 5.88. The van der Waals surface area contributed by atoms with Crippen LogP contribution in [0.3, 0.4) is 0 Å². The molecule has 0 radical (unpaired) electrons. The van der Waals surface area contributed by atoms with Crippen molar-refractivity contribution in [2.75, 3.05) is 13.7 Å². The van der Waals surface area contributed by atoms with E-state index in [0.717, 1.165) is 44.2 Å². The van der Waals surface area contributed by atoms with Crippen LogP contribution < -0.4 is 0 Å². The predicted octanol–water partition coefficient (Wildman–Crippen LogP) is 3.74. The van der Waals surface area contributed by atoms with Gasteiger partial charge in [0.25, 0.3) is 0 Å². The fraction of sp³-hybridized carbons (Fsp3) is 0.476. The Morgan fingerprint density at radius 2 is 2.08 bits per heavy atom. The Morgan fingerprint density at radius 3 is 2.96 bits per heavy atom. The zero-order valence-electron chi connectivity index (χ0n) is 14.6. The molecule has 0 unspecified atom stereocenters. The Morgan fingerprint density at radius 1 is 1.20 bits per heavy atom. The summed E-state index contributed by atoms with van der Waals surface area (Å²) in [5.74, 6) is 0.349.